The van der Waals surface area contributed by atoms with E-state index in [9.17, 15) is 4.79 Å². The maximum absolute atomic E-state index is 11.5. The van der Waals surface area contributed by atoms with E-state index >= 15 is 0 Å². The molecule has 88 valence electrons. The van der Waals surface area contributed by atoms with Gasteiger partial charge in [0.05, 0.1) is 11.7 Å². The standard InChI is InChI=1S/C10H12N2OS.C2H6/c1-6-3-2-4-8-9(6)12-10(13)7(11)5-14-8;1-2/h2-4,7H,5,11H2,1H3,(H,12,13);1-2H3/t7-;/m0./s1. The van der Waals surface area contributed by atoms with E-state index in [1.54, 1.807) is 11.8 Å². The van der Waals surface area contributed by atoms with Crippen LogP contribution >= 0.6 is 11.8 Å². The largest absolute Gasteiger partial charge is 0.323 e. The van der Waals surface area contributed by atoms with Crippen LogP contribution in [0.3, 0.4) is 0 Å². The SMILES string of the molecule is CC.Cc1cccc2c1NC(=O)[C@@H](N)CS2. The number of amides is 1. The van der Waals surface area contributed by atoms with Gasteiger partial charge in [-0.1, -0.05) is 26.0 Å². The summed E-state index contributed by atoms with van der Waals surface area (Å²) in [6.07, 6.45) is 0. The van der Waals surface area contributed by atoms with Crippen molar-refractivity contribution in [2.24, 2.45) is 5.73 Å². The Morgan fingerprint density at radius 2 is 2.12 bits per heavy atom. The van der Waals surface area contributed by atoms with Gasteiger partial charge in [0.15, 0.2) is 0 Å². The summed E-state index contributed by atoms with van der Waals surface area (Å²) in [4.78, 5) is 12.6. The fourth-order valence-corrected chi connectivity index (χ4v) is 2.43. The first kappa shape index (κ1) is 13.1. The van der Waals surface area contributed by atoms with E-state index in [2.05, 4.69) is 5.32 Å². The highest BCUT2D eigenvalue weighted by Gasteiger charge is 2.21. The van der Waals surface area contributed by atoms with E-state index in [0.29, 0.717) is 5.75 Å². The number of hydrogen-bond acceptors (Lipinski definition) is 3. The lowest BCUT2D eigenvalue weighted by Gasteiger charge is -2.09. The third kappa shape index (κ3) is 2.77. The van der Waals surface area contributed by atoms with E-state index in [1.807, 2.05) is 39.0 Å². The molecular formula is C12H18N2OS. The number of hydrogen-bond donors (Lipinski definition) is 2. The van der Waals surface area contributed by atoms with Crippen molar-refractivity contribution >= 4 is 23.4 Å². The molecule has 4 heteroatoms. The predicted octanol–water partition coefficient (Wildman–Crippen LogP) is 2.39. The Hall–Kier alpha value is -1.000. The van der Waals surface area contributed by atoms with Crippen LogP contribution in [0.2, 0.25) is 0 Å². The van der Waals surface area contributed by atoms with Gasteiger partial charge in [0, 0.05) is 10.6 Å². The highest BCUT2D eigenvalue weighted by Crippen LogP contribution is 2.32. The fourth-order valence-electron chi connectivity index (χ4n) is 1.39. The minimum atomic E-state index is -0.410. The summed E-state index contributed by atoms with van der Waals surface area (Å²) in [5.41, 5.74) is 7.67. The molecule has 0 bridgehead atoms. The molecule has 0 saturated carbocycles. The van der Waals surface area contributed by atoms with Crippen molar-refractivity contribution in [2.75, 3.05) is 11.1 Å². The third-order valence-corrected chi connectivity index (χ3v) is 3.41. The number of carbonyl (C=O) groups excluding carboxylic acids is 1. The van der Waals surface area contributed by atoms with E-state index < -0.39 is 6.04 Å². The molecule has 16 heavy (non-hydrogen) atoms. The molecule has 1 aliphatic rings. The van der Waals surface area contributed by atoms with Crippen LogP contribution in [0.25, 0.3) is 0 Å². The topological polar surface area (TPSA) is 55.1 Å². The summed E-state index contributed by atoms with van der Waals surface area (Å²) >= 11 is 1.63. The first-order valence-corrected chi connectivity index (χ1v) is 6.46. The van der Waals surface area contributed by atoms with E-state index in [4.69, 9.17) is 5.73 Å². The second-order valence-electron chi connectivity index (χ2n) is 3.35. The molecule has 0 saturated heterocycles. The molecule has 1 aromatic carbocycles. The lowest BCUT2D eigenvalue weighted by atomic mass is 10.2. The highest BCUT2D eigenvalue weighted by atomic mass is 32.2. The normalized spacial score (nSPS) is 18.8. The number of nitrogens with one attached hydrogen (secondary N) is 1. The molecule has 2 rings (SSSR count). The molecule has 0 spiro atoms. The summed E-state index contributed by atoms with van der Waals surface area (Å²) in [5, 5.41) is 2.86. The molecule has 0 radical (unpaired) electrons. The molecule has 1 heterocycles. The van der Waals surface area contributed by atoms with Gasteiger partial charge in [-0.15, -0.1) is 11.8 Å². The predicted molar refractivity (Wildman–Crippen MR) is 69.9 cm³/mol. The van der Waals surface area contributed by atoms with Crippen LogP contribution in [0.4, 0.5) is 5.69 Å². The van der Waals surface area contributed by atoms with Gasteiger partial charge in [0.2, 0.25) is 5.91 Å². The van der Waals surface area contributed by atoms with Crippen molar-refractivity contribution < 1.29 is 4.79 Å². The first-order valence-electron chi connectivity index (χ1n) is 5.47. The molecular weight excluding hydrogens is 220 g/mol. The molecule has 3 nitrogen and oxygen atoms in total. The van der Waals surface area contributed by atoms with Crippen molar-refractivity contribution in [1.82, 2.24) is 0 Å². The van der Waals surface area contributed by atoms with Gasteiger partial charge in [-0.05, 0) is 18.6 Å². The van der Waals surface area contributed by atoms with Gasteiger partial charge in [-0.3, -0.25) is 4.79 Å². The van der Waals surface area contributed by atoms with Gasteiger partial charge in [0.1, 0.15) is 0 Å². The number of para-hydroxylation sites is 1. The molecule has 0 fully saturated rings. The molecule has 1 atom stereocenters. The summed E-state index contributed by atoms with van der Waals surface area (Å²) in [6.45, 7) is 5.98. The average Bonchev–Trinajstić information content (AvgIpc) is 2.45. The Labute approximate surface area is 101 Å². The van der Waals surface area contributed by atoms with Crippen molar-refractivity contribution in [3.63, 3.8) is 0 Å². The van der Waals surface area contributed by atoms with Crippen LogP contribution in [-0.4, -0.2) is 17.7 Å². The molecule has 3 N–H and O–H groups in total. The van der Waals surface area contributed by atoms with Gasteiger partial charge < -0.3 is 11.1 Å². The maximum Gasteiger partial charge on any atom is 0.242 e. The minimum Gasteiger partial charge on any atom is -0.323 e. The van der Waals surface area contributed by atoms with Crippen LogP contribution in [0.1, 0.15) is 19.4 Å². The number of anilines is 1. The zero-order valence-electron chi connectivity index (χ0n) is 9.91. The van der Waals surface area contributed by atoms with E-state index in [0.717, 1.165) is 16.1 Å². The smallest absolute Gasteiger partial charge is 0.242 e. The molecule has 1 aliphatic heterocycles. The fraction of sp³-hybridized carbons (Fsp3) is 0.417. The van der Waals surface area contributed by atoms with Gasteiger partial charge in [0.25, 0.3) is 0 Å². The Morgan fingerprint density at radius 1 is 1.44 bits per heavy atom. The second kappa shape index (κ2) is 5.92. The number of fused-ring (bicyclic) bond motifs is 1. The summed E-state index contributed by atoms with van der Waals surface area (Å²) in [6, 6.07) is 5.57. The summed E-state index contributed by atoms with van der Waals surface area (Å²) in [5.74, 6) is 0.549. The Bertz CT molecular complexity index is 379. The third-order valence-electron chi connectivity index (χ3n) is 2.24. The van der Waals surface area contributed by atoms with Crippen molar-refractivity contribution in [2.45, 2.75) is 31.7 Å². The van der Waals surface area contributed by atoms with Crippen molar-refractivity contribution in [3.05, 3.63) is 23.8 Å². The minimum absolute atomic E-state index is 0.0921. The number of rotatable bonds is 0. The zero-order chi connectivity index (χ0) is 12.1. The number of thioether (sulfide) groups is 1. The number of aryl methyl sites for hydroxylation is 1. The van der Waals surface area contributed by atoms with E-state index in [-0.39, 0.29) is 5.91 Å². The average molecular weight is 238 g/mol. The lowest BCUT2D eigenvalue weighted by molar-refractivity contribution is -0.116. The summed E-state index contributed by atoms with van der Waals surface area (Å²) < 4.78 is 0. The van der Waals surface area contributed by atoms with Crippen LogP contribution < -0.4 is 11.1 Å². The highest BCUT2D eigenvalue weighted by molar-refractivity contribution is 7.99. The molecule has 0 unspecified atom stereocenters. The first-order chi connectivity index (χ1) is 7.68. The Morgan fingerprint density at radius 3 is 2.81 bits per heavy atom. The van der Waals surface area contributed by atoms with Crippen molar-refractivity contribution in [1.29, 1.82) is 0 Å². The molecule has 0 aliphatic carbocycles. The molecule has 1 amide bonds. The van der Waals surface area contributed by atoms with Crippen LogP contribution in [0.15, 0.2) is 23.1 Å². The Balaban J connectivity index is 0.000000606. The maximum atomic E-state index is 11.5. The number of nitrogens with two attached hydrogens (primary N) is 1. The van der Waals surface area contributed by atoms with Gasteiger partial charge >= 0.3 is 0 Å². The lowest BCUT2D eigenvalue weighted by Crippen LogP contribution is -2.36. The zero-order valence-corrected chi connectivity index (χ0v) is 10.7. The molecule has 1 aromatic rings. The number of carbonyl (C=O) groups is 1. The monoisotopic (exact) mass is 238 g/mol. The quantitative estimate of drug-likeness (QED) is 0.729. The van der Waals surface area contributed by atoms with Crippen LogP contribution in [-0.2, 0) is 4.79 Å². The number of benzene rings is 1. The summed E-state index contributed by atoms with van der Waals surface area (Å²) in [7, 11) is 0. The van der Waals surface area contributed by atoms with Crippen LogP contribution in [0.5, 0.6) is 0 Å². The Kier molecular flexibility index (Phi) is 4.83. The van der Waals surface area contributed by atoms with Crippen LogP contribution in [0, 0.1) is 6.92 Å². The van der Waals surface area contributed by atoms with Gasteiger partial charge in [-0.2, -0.15) is 0 Å². The molecule has 0 aromatic heterocycles. The van der Waals surface area contributed by atoms with E-state index in [1.165, 1.54) is 0 Å². The second-order valence-corrected chi connectivity index (χ2v) is 4.42. The van der Waals surface area contributed by atoms with Crippen molar-refractivity contribution in [3.8, 4) is 0 Å². The van der Waals surface area contributed by atoms with Gasteiger partial charge in [-0.25, -0.2) is 0 Å².